The Balaban J connectivity index is 1.43. The molecule has 2 aromatic carbocycles. The first kappa shape index (κ1) is 17.7. The molecule has 1 aliphatic heterocycles. The Bertz CT molecular complexity index is 962. The predicted octanol–water partition coefficient (Wildman–Crippen LogP) is 3.16. The van der Waals surface area contributed by atoms with E-state index in [1.54, 1.807) is 0 Å². The van der Waals surface area contributed by atoms with Crippen LogP contribution in [0.3, 0.4) is 0 Å². The molecule has 6 heteroatoms. The summed E-state index contributed by atoms with van der Waals surface area (Å²) >= 11 is 0. The van der Waals surface area contributed by atoms with Gasteiger partial charge in [0.05, 0.1) is 23.7 Å². The second-order valence-corrected chi connectivity index (χ2v) is 7.07. The third kappa shape index (κ3) is 3.86. The lowest BCUT2D eigenvalue weighted by Crippen LogP contribution is -2.32. The first-order chi connectivity index (χ1) is 13.1. The molecular weight excluding hydrogens is 340 g/mol. The Morgan fingerprint density at radius 2 is 2.07 bits per heavy atom. The standard InChI is InChI=1S/C21H24N4O2/c1-14-3-8-19-20(9-14)25-18(12-27-13-21(25)24-19)11-22-10-16-4-6-17(7-5-16)23-15(2)26/h3-9,18,22H,10-13H2,1-2H3,(H,23,26). The molecule has 0 saturated heterocycles. The number of carbonyl (C=O) groups is 1. The number of carbonyl (C=O) groups excluding carboxylic acids is 1. The molecule has 0 bridgehead atoms. The summed E-state index contributed by atoms with van der Waals surface area (Å²) in [7, 11) is 0. The molecule has 140 valence electrons. The summed E-state index contributed by atoms with van der Waals surface area (Å²) in [5, 5.41) is 6.31. The van der Waals surface area contributed by atoms with Gasteiger partial charge in [-0.25, -0.2) is 4.98 Å². The van der Waals surface area contributed by atoms with Crippen molar-refractivity contribution in [1.29, 1.82) is 0 Å². The number of imidazole rings is 1. The van der Waals surface area contributed by atoms with Gasteiger partial charge in [0.2, 0.25) is 5.91 Å². The van der Waals surface area contributed by atoms with Crippen molar-refractivity contribution < 1.29 is 9.53 Å². The molecule has 1 atom stereocenters. The summed E-state index contributed by atoms with van der Waals surface area (Å²) in [6.45, 7) is 6.43. The van der Waals surface area contributed by atoms with Gasteiger partial charge in [-0.2, -0.15) is 0 Å². The Hall–Kier alpha value is -2.70. The number of nitrogens with one attached hydrogen (secondary N) is 2. The summed E-state index contributed by atoms with van der Waals surface area (Å²) < 4.78 is 8.08. The van der Waals surface area contributed by atoms with Crippen LogP contribution in [0.1, 0.15) is 29.9 Å². The number of anilines is 1. The number of aryl methyl sites for hydroxylation is 1. The lowest BCUT2D eigenvalue weighted by atomic mass is 10.2. The van der Waals surface area contributed by atoms with Crippen molar-refractivity contribution in [2.24, 2.45) is 0 Å². The number of rotatable bonds is 5. The summed E-state index contributed by atoms with van der Waals surface area (Å²) in [5.41, 5.74) is 5.44. The van der Waals surface area contributed by atoms with Gasteiger partial charge in [-0.05, 0) is 42.3 Å². The average Bonchev–Trinajstić information content (AvgIpc) is 3.01. The van der Waals surface area contributed by atoms with Crippen molar-refractivity contribution in [2.45, 2.75) is 33.0 Å². The van der Waals surface area contributed by atoms with Gasteiger partial charge < -0.3 is 19.9 Å². The van der Waals surface area contributed by atoms with E-state index in [0.29, 0.717) is 13.2 Å². The minimum absolute atomic E-state index is 0.0585. The van der Waals surface area contributed by atoms with E-state index < -0.39 is 0 Å². The highest BCUT2D eigenvalue weighted by Crippen LogP contribution is 2.26. The molecule has 6 nitrogen and oxygen atoms in total. The molecule has 0 spiro atoms. The maximum absolute atomic E-state index is 11.1. The summed E-state index contributed by atoms with van der Waals surface area (Å²) in [6.07, 6.45) is 0. The van der Waals surface area contributed by atoms with Gasteiger partial charge in [0.25, 0.3) is 0 Å². The first-order valence-electron chi connectivity index (χ1n) is 9.22. The van der Waals surface area contributed by atoms with Crippen molar-refractivity contribution >= 4 is 22.6 Å². The van der Waals surface area contributed by atoms with Gasteiger partial charge >= 0.3 is 0 Å². The summed E-state index contributed by atoms with van der Waals surface area (Å²) in [4.78, 5) is 15.8. The van der Waals surface area contributed by atoms with Crippen molar-refractivity contribution in [3.05, 3.63) is 59.4 Å². The number of aromatic nitrogens is 2. The summed E-state index contributed by atoms with van der Waals surface area (Å²) in [6, 6.07) is 14.5. The van der Waals surface area contributed by atoms with E-state index in [4.69, 9.17) is 9.72 Å². The van der Waals surface area contributed by atoms with E-state index in [0.717, 1.165) is 30.1 Å². The highest BCUT2D eigenvalue weighted by atomic mass is 16.5. The number of hydrogen-bond donors (Lipinski definition) is 2. The molecule has 1 aliphatic rings. The van der Waals surface area contributed by atoms with Crippen LogP contribution in [0.2, 0.25) is 0 Å². The van der Waals surface area contributed by atoms with Gasteiger partial charge in [0.1, 0.15) is 12.4 Å². The van der Waals surface area contributed by atoms with E-state index in [9.17, 15) is 4.79 Å². The zero-order valence-electron chi connectivity index (χ0n) is 15.7. The summed E-state index contributed by atoms with van der Waals surface area (Å²) in [5.74, 6) is 0.935. The van der Waals surface area contributed by atoms with Crippen LogP contribution in [-0.2, 0) is 22.7 Å². The lowest BCUT2D eigenvalue weighted by molar-refractivity contribution is -0.114. The molecule has 3 aromatic rings. The minimum atomic E-state index is -0.0585. The van der Waals surface area contributed by atoms with Crippen molar-refractivity contribution in [3.8, 4) is 0 Å². The molecule has 2 N–H and O–H groups in total. The highest BCUT2D eigenvalue weighted by molar-refractivity contribution is 5.88. The molecule has 1 amide bonds. The van der Waals surface area contributed by atoms with Crippen LogP contribution in [0.25, 0.3) is 11.0 Å². The molecular formula is C21H24N4O2. The van der Waals surface area contributed by atoms with Crippen molar-refractivity contribution in [2.75, 3.05) is 18.5 Å². The van der Waals surface area contributed by atoms with E-state index in [2.05, 4.69) is 40.3 Å². The van der Waals surface area contributed by atoms with E-state index >= 15 is 0 Å². The molecule has 27 heavy (non-hydrogen) atoms. The Labute approximate surface area is 158 Å². The number of ether oxygens (including phenoxy) is 1. The smallest absolute Gasteiger partial charge is 0.221 e. The van der Waals surface area contributed by atoms with Gasteiger partial charge in [0, 0.05) is 25.7 Å². The predicted molar refractivity (Wildman–Crippen MR) is 106 cm³/mol. The minimum Gasteiger partial charge on any atom is -0.371 e. The zero-order valence-corrected chi connectivity index (χ0v) is 15.7. The molecule has 1 aromatic heterocycles. The van der Waals surface area contributed by atoms with Crippen molar-refractivity contribution in [3.63, 3.8) is 0 Å². The van der Waals surface area contributed by atoms with Crippen LogP contribution in [-0.4, -0.2) is 28.6 Å². The average molecular weight is 364 g/mol. The van der Waals surface area contributed by atoms with Crippen LogP contribution in [0, 0.1) is 6.92 Å². The molecule has 0 aliphatic carbocycles. The fourth-order valence-electron chi connectivity index (χ4n) is 3.57. The maximum Gasteiger partial charge on any atom is 0.221 e. The molecule has 0 fully saturated rings. The number of benzene rings is 2. The monoisotopic (exact) mass is 364 g/mol. The molecule has 1 unspecified atom stereocenters. The van der Waals surface area contributed by atoms with Gasteiger partial charge in [-0.1, -0.05) is 18.2 Å². The van der Waals surface area contributed by atoms with E-state index in [-0.39, 0.29) is 11.9 Å². The number of hydrogen-bond acceptors (Lipinski definition) is 4. The fourth-order valence-corrected chi connectivity index (χ4v) is 3.57. The van der Waals surface area contributed by atoms with E-state index in [1.165, 1.54) is 23.6 Å². The SMILES string of the molecule is CC(=O)Nc1ccc(CNCC2COCc3nc4ccc(C)cc4n32)cc1. The first-order valence-corrected chi connectivity index (χ1v) is 9.22. The Morgan fingerprint density at radius 1 is 1.26 bits per heavy atom. The van der Waals surface area contributed by atoms with Gasteiger partial charge in [-0.3, -0.25) is 4.79 Å². The Morgan fingerprint density at radius 3 is 2.85 bits per heavy atom. The van der Waals surface area contributed by atoms with Crippen LogP contribution in [0.5, 0.6) is 0 Å². The van der Waals surface area contributed by atoms with Crippen LogP contribution in [0.4, 0.5) is 5.69 Å². The lowest BCUT2D eigenvalue weighted by Gasteiger charge is -2.26. The van der Waals surface area contributed by atoms with Crippen LogP contribution < -0.4 is 10.6 Å². The highest BCUT2D eigenvalue weighted by Gasteiger charge is 2.23. The molecule has 0 saturated carbocycles. The maximum atomic E-state index is 11.1. The third-order valence-electron chi connectivity index (χ3n) is 4.81. The Kier molecular flexibility index (Phi) is 4.92. The van der Waals surface area contributed by atoms with Crippen LogP contribution >= 0.6 is 0 Å². The van der Waals surface area contributed by atoms with Gasteiger partial charge in [0.15, 0.2) is 0 Å². The normalized spacial score (nSPS) is 16.3. The largest absolute Gasteiger partial charge is 0.371 e. The second-order valence-electron chi connectivity index (χ2n) is 7.07. The van der Waals surface area contributed by atoms with Crippen molar-refractivity contribution in [1.82, 2.24) is 14.9 Å². The number of nitrogens with zero attached hydrogens (tertiary/aromatic N) is 2. The zero-order chi connectivity index (χ0) is 18.8. The van der Waals surface area contributed by atoms with Crippen LogP contribution in [0.15, 0.2) is 42.5 Å². The molecule has 0 radical (unpaired) electrons. The number of amides is 1. The quantitative estimate of drug-likeness (QED) is 0.730. The van der Waals surface area contributed by atoms with E-state index in [1.807, 2.05) is 24.3 Å². The number of fused-ring (bicyclic) bond motifs is 3. The van der Waals surface area contributed by atoms with Gasteiger partial charge in [-0.15, -0.1) is 0 Å². The topological polar surface area (TPSA) is 68.2 Å². The second kappa shape index (κ2) is 7.50. The third-order valence-corrected chi connectivity index (χ3v) is 4.81. The fraction of sp³-hybridized carbons (Fsp3) is 0.333. The molecule has 2 heterocycles. The molecule has 4 rings (SSSR count).